The van der Waals surface area contributed by atoms with Crippen molar-refractivity contribution in [3.8, 4) is 0 Å². The SMILES string of the molecule is CC/C=C\C/C=C\C/C=C\C/C=C\C/C=C\CCCCCCCCCCCCCCC/C=C/C(=O)SCCNC(=O)CCNC(=O)[C@H](O)C(C)(C)COP(=O)([O-])OP(=O)([O-])OC[C@H]1O[C@@H](n2cnc3c(N)ncnc32)[C@H](O)[C@@H]1OP(=O)([O-])[O-]. The third-order valence-corrected chi connectivity index (χ3v) is 16.7. The molecule has 0 radical (unpaired) electrons. The standard InChI is InChI=1S/C55H90N7O17P3S/c1-4-5-6-7-8-9-10-11-12-13-14-15-16-17-18-19-20-21-22-23-24-25-26-27-28-29-30-31-32-33-34-35-46(64)83-39-38-57-45(63)36-37-58-53(67)50(66)55(2,3)41-76-82(73,74)79-81(71,72)75-40-44-49(78-80(68,69)70)48(65)54(77-44)62-43-61-47-51(56)59-42-60-52(47)62/h5-6,8-9,11-12,14-15,17-18,34-35,42-44,48-50,54,65-66H,4,7,10,13,16,19-33,36-41H2,1-3H3,(H,57,63)(H,58,67)(H,71,72)(H,73,74)(H2,56,59,60)(H2,68,69,70)/p-4/b6-5-,9-8-,12-11-,15-14-,18-17-,35-34+/t44-,48-,49-,50+,54-/m1/s1. The number of nitrogens with zero attached hydrogens (tertiary/aromatic N) is 4. The molecular formula is C55H86N7O17P3S-4. The Morgan fingerprint density at radius 1 is 0.759 bits per heavy atom. The minimum atomic E-state index is -5.93. The monoisotopic (exact) mass is 1240 g/mol. The molecule has 0 saturated carbocycles. The number of thioether (sulfide) groups is 1. The van der Waals surface area contributed by atoms with Gasteiger partial charge in [0.1, 0.15) is 36.3 Å². The number of imidazole rings is 1. The number of allylic oxidation sites excluding steroid dienone is 11. The first kappa shape index (κ1) is 73.3. The van der Waals surface area contributed by atoms with E-state index in [0.29, 0.717) is 5.75 Å². The molecule has 468 valence electrons. The van der Waals surface area contributed by atoms with Gasteiger partial charge in [-0.2, -0.15) is 0 Å². The molecule has 28 heteroatoms. The van der Waals surface area contributed by atoms with E-state index in [1.54, 1.807) is 6.08 Å². The Hall–Kier alpha value is -4.00. The van der Waals surface area contributed by atoms with E-state index >= 15 is 0 Å². The first-order valence-corrected chi connectivity index (χ1v) is 33.8. The molecule has 2 aromatic rings. The summed E-state index contributed by atoms with van der Waals surface area (Å²) >= 11 is 1.06. The molecule has 1 aliphatic rings. The van der Waals surface area contributed by atoms with Gasteiger partial charge in [-0.05, 0) is 63.9 Å². The van der Waals surface area contributed by atoms with Crippen LogP contribution in [-0.2, 0) is 50.7 Å². The van der Waals surface area contributed by atoms with E-state index in [0.717, 1.165) is 80.4 Å². The summed E-state index contributed by atoms with van der Waals surface area (Å²) in [6.45, 7) is 2.26. The highest BCUT2D eigenvalue weighted by atomic mass is 32.2. The van der Waals surface area contributed by atoms with Crippen molar-refractivity contribution in [2.24, 2.45) is 5.41 Å². The van der Waals surface area contributed by atoms with E-state index in [-0.39, 0.29) is 41.6 Å². The summed E-state index contributed by atoms with van der Waals surface area (Å²) in [4.78, 5) is 97.2. The zero-order chi connectivity index (χ0) is 61.0. The lowest BCUT2D eigenvalue weighted by molar-refractivity contribution is -0.347. The number of amides is 2. The molecule has 2 aromatic heterocycles. The normalized spacial score (nSPS) is 19.1. The van der Waals surface area contributed by atoms with E-state index in [2.05, 4.69) is 111 Å². The van der Waals surface area contributed by atoms with Crippen LogP contribution in [0.5, 0.6) is 0 Å². The first-order valence-electron chi connectivity index (χ1n) is 28.5. The Labute approximate surface area is 492 Å². The van der Waals surface area contributed by atoms with E-state index < -0.39 is 84.6 Å². The molecule has 3 heterocycles. The van der Waals surface area contributed by atoms with Gasteiger partial charge >= 0.3 is 0 Å². The van der Waals surface area contributed by atoms with Gasteiger partial charge in [0.2, 0.25) is 16.9 Å². The lowest BCUT2D eigenvalue weighted by Crippen LogP contribution is -2.46. The lowest BCUT2D eigenvalue weighted by atomic mass is 9.87. The molecule has 24 nitrogen and oxygen atoms in total. The predicted octanol–water partition coefficient (Wildman–Crippen LogP) is 7.30. The summed E-state index contributed by atoms with van der Waals surface area (Å²) in [5.74, 6) is -1.21. The molecule has 1 aliphatic heterocycles. The van der Waals surface area contributed by atoms with Gasteiger partial charge in [0.25, 0.3) is 15.6 Å². The molecule has 1 saturated heterocycles. The number of nitrogens with two attached hydrogens (primary N) is 1. The minimum Gasteiger partial charge on any atom is -0.790 e. The molecule has 2 unspecified atom stereocenters. The first-order chi connectivity index (χ1) is 39.6. The average Bonchev–Trinajstić information content (AvgIpc) is 2.22. The van der Waals surface area contributed by atoms with Crippen molar-refractivity contribution in [2.45, 2.75) is 186 Å². The van der Waals surface area contributed by atoms with E-state index in [4.69, 9.17) is 10.5 Å². The van der Waals surface area contributed by atoms with Crippen molar-refractivity contribution < 1.29 is 80.5 Å². The van der Waals surface area contributed by atoms with Crippen molar-refractivity contribution in [3.63, 3.8) is 0 Å². The topological polar surface area (TPSA) is 375 Å². The Balaban J connectivity index is 1.16. The number of nitrogen functional groups attached to an aromatic ring is 1. The highest BCUT2D eigenvalue weighted by molar-refractivity contribution is 8.14. The van der Waals surface area contributed by atoms with Gasteiger partial charge in [-0.1, -0.05) is 170 Å². The van der Waals surface area contributed by atoms with Crippen molar-refractivity contribution in [1.82, 2.24) is 30.2 Å². The van der Waals surface area contributed by atoms with Crippen LogP contribution in [-0.4, -0.2) is 103 Å². The van der Waals surface area contributed by atoms with Gasteiger partial charge < -0.3 is 69.0 Å². The van der Waals surface area contributed by atoms with Crippen LogP contribution in [0.25, 0.3) is 11.2 Å². The molecule has 0 aromatic carbocycles. The van der Waals surface area contributed by atoms with Crippen molar-refractivity contribution in [1.29, 1.82) is 0 Å². The number of aliphatic hydroxyl groups excluding tert-OH is 2. The molecule has 2 amide bonds. The third kappa shape index (κ3) is 31.8. The summed E-state index contributed by atoms with van der Waals surface area (Å²) in [7, 11) is -17.6. The largest absolute Gasteiger partial charge is 0.790 e. The van der Waals surface area contributed by atoms with Crippen LogP contribution in [0.3, 0.4) is 0 Å². The predicted molar refractivity (Wildman–Crippen MR) is 311 cm³/mol. The van der Waals surface area contributed by atoms with Crippen LogP contribution in [0.4, 0.5) is 5.82 Å². The van der Waals surface area contributed by atoms with Crippen LogP contribution in [0.1, 0.15) is 162 Å². The number of phosphoric acid groups is 3. The number of hydrogen-bond donors (Lipinski definition) is 5. The van der Waals surface area contributed by atoms with Crippen LogP contribution >= 0.6 is 35.2 Å². The maximum absolute atomic E-state index is 12.7. The molecule has 6 N–H and O–H groups in total. The zero-order valence-electron chi connectivity index (χ0n) is 48.0. The number of fused-ring (bicyclic) bond motifs is 1. The fraction of sp³-hybridized carbons (Fsp3) is 0.636. The Bertz CT molecular complexity index is 2580. The number of phosphoric ester groups is 3. The van der Waals surface area contributed by atoms with Crippen molar-refractivity contribution >= 4 is 69.1 Å². The number of aromatic nitrogens is 4. The summed E-state index contributed by atoms with van der Waals surface area (Å²) in [5.41, 5.74) is 4.09. The number of hydrogen-bond acceptors (Lipinski definition) is 22. The number of carbonyl (C=O) groups is 3. The number of aliphatic hydroxyl groups is 2. The van der Waals surface area contributed by atoms with Crippen LogP contribution in [0.2, 0.25) is 0 Å². The van der Waals surface area contributed by atoms with Crippen LogP contribution in [0, 0.1) is 5.41 Å². The molecule has 0 bridgehead atoms. The Morgan fingerprint density at radius 2 is 1.29 bits per heavy atom. The minimum absolute atomic E-state index is 0.0203. The smallest absolute Gasteiger partial charge is 0.274 e. The van der Waals surface area contributed by atoms with Gasteiger partial charge in [0.15, 0.2) is 17.7 Å². The molecule has 0 spiro atoms. The maximum Gasteiger partial charge on any atom is 0.274 e. The third-order valence-electron chi connectivity index (χ3n) is 12.9. The quantitative estimate of drug-likeness (QED) is 0.0188. The summed E-state index contributed by atoms with van der Waals surface area (Å²) < 4.78 is 61.0. The van der Waals surface area contributed by atoms with Gasteiger partial charge in [-0.25, -0.2) is 19.3 Å². The molecule has 0 aliphatic carbocycles. The van der Waals surface area contributed by atoms with Gasteiger partial charge in [-0.15, -0.1) is 0 Å². The highest BCUT2D eigenvalue weighted by Crippen LogP contribution is 2.56. The van der Waals surface area contributed by atoms with Gasteiger partial charge in [0, 0.05) is 30.7 Å². The molecule has 3 rings (SSSR count). The van der Waals surface area contributed by atoms with E-state index in [9.17, 15) is 57.9 Å². The number of anilines is 1. The summed E-state index contributed by atoms with van der Waals surface area (Å²) in [6, 6.07) is 0. The number of ether oxygens (including phenoxy) is 1. The van der Waals surface area contributed by atoms with Crippen LogP contribution < -0.4 is 35.9 Å². The van der Waals surface area contributed by atoms with Gasteiger partial charge in [-0.3, -0.25) is 28.1 Å². The van der Waals surface area contributed by atoms with Gasteiger partial charge in [0.05, 0.1) is 27.4 Å². The summed E-state index contributed by atoms with van der Waals surface area (Å²) in [5, 5.41) is 26.4. The molecule has 7 atom stereocenters. The number of carbonyl (C=O) groups excluding carboxylic acids is 3. The number of unbranched alkanes of at least 4 members (excludes halogenated alkanes) is 14. The van der Waals surface area contributed by atoms with Crippen molar-refractivity contribution in [3.05, 3.63) is 85.6 Å². The number of nitrogens with one attached hydrogen (secondary N) is 2. The molecule has 83 heavy (non-hydrogen) atoms. The second-order valence-corrected chi connectivity index (χ2v) is 25.6. The van der Waals surface area contributed by atoms with E-state index in [1.807, 2.05) is 6.08 Å². The second-order valence-electron chi connectivity index (χ2n) is 20.4. The average molecular weight is 1240 g/mol. The van der Waals surface area contributed by atoms with Crippen molar-refractivity contribution in [2.75, 3.05) is 37.8 Å². The highest BCUT2D eigenvalue weighted by Gasteiger charge is 2.47. The lowest BCUT2D eigenvalue weighted by Gasteiger charge is -2.36. The van der Waals surface area contributed by atoms with Crippen LogP contribution in [0.15, 0.2) is 85.6 Å². The zero-order valence-corrected chi connectivity index (χ0v) is 51.5. The Kier molecular flexibility index (Phi) is 35.7. The summed E-state index contributed by atoms with van der Waals surface area (Å²) in [6.07, 6.45) is 41.6. The fourth-order valence-electron chi connectivity index (χ4n) is 8.32. The second kappa shape index (κ2) is 40.4. The molecule has 1 fully saturated rings. The maximum atomic E-state index is 12.7. The van der Waals surface area contributed by atoms with E-state index in [1.165, 1.54) is 90.9 Å². The number of rotatable bonds is 45. The molecular weight excluding hydrogens is 1160 g/mol. The fourth-order valence-corrected chi connectivity index (χ4v) is 11.7. The Morgan fingerprint density at radius 3 is 1.86 bits per heavy atom.